The Morgan fingerprint density at radius 2 is 2.00 bits per heavy atom. The van der Waals surface area contributed by atoms with Gasteiger partial charge in [-0.05, 0) is 23.6 Å². The number of hydrogen-bond acceptors (Lipinski definition) is 4. The second kappa shape index (κ2) is 6.06. The van der Waals surface area contributed by atoms with Crippen LogP contribution in [0.4, 0.5) is 5.69 Å². The lowest BCUT2D eigenvalue weighted by atomic mass is 10.1. The van der Waals surface area contributed by atoms with Gasteiger partial charge in [-0.3, -0.25) is 14.6 Å². The maximum Gasteiger partial charge on any atom is 0.250 e. The van der Waals surface area contributed by atoms with E-state index in [-0.39, 0.29) is 12.2 Å². The molecule has 0 radical (unpaired) electrons. The van der Waals surface area contributed by atoms with Gasteiger partial charge in [0.15, 0.2) is 5.78 Å². The number of ketones is 1. The predicted octanol–water partition coefficient (Wildman–Crippen LogP) is 2.82. The highest BCUT2D eigenvalue weighted by Crippen LogP contribution is 2.18. The number of nitrogens with zero attached hydrogens (tertiary/aromatic N) is 1. The van der Waals surface area contributed by atoms with Gasteiger partial charge in [-0.1, -0.05) is 18.2 Å². The van der Waals surface area contributed by atoms with E-state index in [2.05, 4.69) is 4.99 Å². The molecule has 0 spiro atoms. The highest BCUT2D eigenvalue weighted by molar-refractivity contribution is 7.12. The molecule has 0 fully saturated rings. The van der Waals surface area contributed by atoms with E-state index in [0.29, 0.717) is 16.1 Å². The Balaban J connectivity index is 2.07. The van der Waals surface area contributed by atoms with Gasteiger partial charge in [0.25, 0.3) is 5.91 Å². The lowest BCUT2D eigenvalue weighted by Gasteiger charge is -2.00. The summed E-state index contributed by atoms with van der Waals surface area (Å²) < 4.78 is 0. The van der Waals surface area contributed by atoms with E-state index in [9.17, 15) is 9.59 Å². The van der Waals surface area contributed by atoms with Crippen LogP contribution in [0.25, 0.3) is 0 Å². The van der Waals surface area contributed by atoms with E-state index in [1.807, 2.05) is 11.4 Å². The molecule has 1 amide bonds. The third kappa shape index (κ3) is 3.35. The topological polar surface area (TPSA) is 72.5 Å². The molecule has 0 unspecified atom stereocenters. The number of carbonyl (C=O) groups excluding carboxylic acids is 2. The molecule has 0 saturated carbocycles. The normalized spacial score (nSPS) is 10.7. The number of Topliss-reactive ketones (excluding diaryl/α,β-unsaturated/α-hetero) is 1. The van der Waals surface area contributed by atoms with Crippen LogP contribution in [0.15, 0.2) is 46.8 Å². The summed E-state index contributed by atoms with van der Waals surface area (Å²) in [6.45, 7) is 0. The summed E-state index contributed by atoms with van der Waals surface area (Å²) in [7, 11) is 0. The van der Waals surface area contributed by atoms with Gasteiger partial charge >= 0.3 is 0 Å². The van der Waals surface area contributed by atoms with Gasteiger partial charge in [0.05, 0.1) is 16.1 Å². The number of carbonyl (C=O) groups is 2. The molecule has 2 rings (SSSR count). The third-order valence-electron chi connectivity index (χ3n) is 2.47. The first kappa shape index (κ1) is 13.2. The Morgan fingerprint density at radius 3 is 2.68 bits per heavy atom. The van der Waals surface area contributed by atoms with Crippen molar-refractivity contribution < 1.29 is 9.59 Å². The number of para-hydroxylation sites is 1. The molecule has 5 heteroatoms. The van der Waals surface area contributed by atoms with Crippen LogP contribution in [0, 0.1) is 0 Å². The standard InChI is InChI=1S/C14H12N2O2S/c15-14(18)10-4-1-2-5-11(10)16-8-7-12(17)13-6-3-9-19-13/h1-6,8-9H,7H2,(H2,15,18). The van der Waals surface area contributed by atoms with Crippen molar-refractivity contribution in [3.05, 3.63) is 52.2 Å². The minimum absolute atomic E-state index is 0.00954. The van der Waals surface area contributed by atoms with Gasteiger partial charge in [-0.2, -0.15) is 0 Å². The molecule has 0 atom stereocenters. The maximum atomic E-state index is 11.7. The van der Waals surface area contributed by atoms with Crippen molar-refractivity contribution in [2.24, 2.45) is 10.7 Å². The highest BCUT2D eigenvalue weighted by Gasteiger charge is 2.06. The lowest BCUT2D eigenvalue weighted by molar-refractivity contribution is 0.0995. The quantitative estimate of drug-likeness (QED) is 0.671. The van der Waals surface area contributed by atoms with Gasteiger partial charge in [0, 0.05) is 12.6 Å². The summed E-state index contributed by atoms with van der Waals surface area (Å²) in [5.74, 6) is -0.521. The van der Waals surface area contributed by atoms with E-state index in [4.69, 9.17) is 5.73 Å². The average molecular weight is 272 g/mol. The first-order chi connectivity index (χ1) is 9.18. The molecule has 0 bridgehead atoms. The van der Waals surface area contributed by atoms with Crippen LogP contribution in [-0.2, 0) is 0 Å². The zero-order valence-corrected chi connectivity index (χ0v) is 10.9. The summed E-state index contributed by atoms with van der Waals surface area (Å²) >= 11 is 1.40. The zero-order chi connectivity index (χ0) is 13.7. The molecule has 96 valence electrons. The molecule has 1 aromatic heterocycles. The van der Waals surface area contributed by atoms with Gasteiger partial charge in [0.2, 0.25) is 0 Å². The number of hydrogen-bond donors (Lipinski definition) is 1. The van der Waals surface area contributed by atoms with Crippen molar-refractivity contribution in [2.45, 2.75) is 6.42 Å². The van der Waals surface area contributed by atoms with E-state index in [1.165, 1.54) is 17.6 Å². The van der Waals surface area contributed by atoms with E-state index < -0.39 is 5.91 Å². The minimum Gasteiger partial charge on any atom is -0.366 e. The summed E-state index contributed by atoms with van der Waals surface area (Å²) in [6.07, 6.45) is 1.71. The zero-order valence-electron chi connectivity index (χ0n) is 10.1. The fourth-order valence-electron chi connectivity index (χ4n) is 1.56. The molecule has 19 heavy (non-hydrogen) atoms. The Kier molecular flexibility index (Phi) is 4.20. The van der Waals surface area contributed by atoms with E-state index in [0.717, 1.165) is 0 Å². The first-order valence-electron chi connectivity index (χ1n) is 5.66. The van der Waals surface area contributed by atoms with Crippen molar-refractivity contribution in [1.82, 2.24) is 0 Å². The molecular formula is C14H12N2O2S. The van der Waals surface area contributed by atoms with Gasteiger partial charge in [-0.15, -0.1) is 11.3 Å². The van der Waals surface area contributed by atoms with Crippen molar-refractivity contribution >= 4 is 34.9 Å². The number of amides is 1. The smallest absolute Gasteiger partial charge is 0.250 e. The van der Waals surface area contributed by atoms with Crippen LogP contribution in [0.1, 0.15) is 26.5 Å². The van der Waals surface area contributed by atoms with Gasteiger partial charge < -0.3 is 5.73 Å². The number of rotatable bonds is 5. The summed E-state index contributed by atoms with van der Waals surface area (Å²) in [5.41, 5.74) is 6.08. The molecule has 2 N–H and O–H groups in total. The maximum absolute atomic E-state index is 11.7. The molecule has 0 aliphatic rings. The fourth-order valence-corrected chi connectivity index (χ4v) is 2.23. The molecule has 4 nitrogen and oxygen atoms in total. The van der Waals surface area contributed by atoms with Crippen molar-refractivity contribution in [1.29, 1.82) is 0 Å². The minimum atomic E-state index is -0.530. The van der Waals surface area contributed by atoms with E-state index in [1.54, 1.807) is 30.3 Å². The SMILES string of the molecule is NC(=O)c1ccccc1N=CCC(=O)c1cccs1. The Labute approximate surface area is 114 Å². The molecule has 0 aliphatic heterocycles. The molecule has 2 aromatic rings. The molecule has 1 heterocycles. The summed E-state index contributed by atoms with van der Waals surface area (Å²) in [5, 5.41) is 1.85. The Bertz CT molecular complexity index is 618. The van der Waals surface area contributed by atoms with Crippen molar-refractivity contribution in [3.63, 3.8) is 0 Å². The largest absolute Gasteiger partial charge is 0.366 e. The second-order valence-electron chi connectivity index (χ2n) is 3.80. The van der Waals surface area contributed by atoms with Gasteiger partial charge in [-0.25, -0.2) is 0 Å². The summed E-state index contributed by atoms with van der Waals surface area (Å²) in [4.78, 5) is 27.8. The van der Waals surface area contributed by atoms with Crippen LogP contribution in [0.2, 0.25) is 0 Å². The molecule has 0 aliphatic carbocycles. The van der Waals surface area contributed by atoms with Crippen molar-refractivity contribution in [2.75, 3.05) is 0 Å². The Hall–Kier alpha value is -2.27. The number of primary amides is 1. The van der Waals surface area contributed by atoms with Crippen LogP contribution in [0.3, 0.4) is 0 Å². The van der Waals surface area contributed by atoms with E-state index >= 15 is 0 Å². The Morgan fingerprint density at radius 1 is 1.21 bits per heavy atom. The van der Waals surface area contributed by atoms with Crippen LogP contribution >= 0.6 is 11.3 Å². The number of nitrogens with two attached hydrogens (primary N) is 1. The first-order valence-corrected chi connectivity index (χ1v) is 6.54. The lowest BCUT2D eigenvalue weighted by Crippen LogP contribution is -2.10. The average Bonchev–Trinajstić information content (AvgIpc) is 2.93. The summed E-state index contributed by atoms with van der Waals surface area (Å²) in [6, 6.07) is 10.4. The second-order valence-corrected chi connectivity index (χ2v) is 4.75. The number of aliphatic imine (C=N–C) groups is 1. The number of benzene rings is 1. The van der Waals surface area contributed by atoms with Crippen LogP contribution in [-0.4, -0.2) is 17.9 Å². The van der Waals surface area contributed by atoms with Gasteiger partial charge in [0.1, 0.15) is 0 Å². The third-order valence-corrected chi connectivity index (χ3v) is 3.38. The molecule has 1 aromatic carbocycles. The monoisotopic (exact) mass is 272 g/mol. The molecule has 0 saturated heterocycles. The van der Waals surface area contributed by atoms with Crippen LogP contribution in [0.5, 0.6) is 0 Å². The number of thiophene rings is 1. The predicted molar refractivity (Wildman–Crippen MR) is 76.4 cm³/mol. The van der Waals surface area contributed by atoms with Crippen molar-refractivity contribution in [3.8, 4) is 0 Å². The van der Waals surface area contributed by atoms with Crippen LogP contribution < -0.4 is 5.73 Å². The highest BCUT2D eigenvalue weighted by atomic mass is 32.1. The fraction of sp³-hybridized carbons (Fsp3) is 0.0714. The molecular weight excluding hydrogens is 260 g/mol.